The zero-order valence-corrected chi connectivity index (χ0v) is 13.4. The van der Waals surface area contributed by atoms with Crippen LogP contribution in [0.4, 0.5) is 10.1 Å². The fourth-order valence-corrected chi connectivity index (χ4v) is 2.93. The third-order valence-corrected chi connectivity index (χ3v) is 4.25. The van der Waals surface area contributed by atoms with Crippen molar-refractivity contribution in [3.8, 4) is 0 Å². The van der Waals surface area contributed by atoms with E-state index < -0.39 is 5.82 Å². The number of para-hydroxylation sites is 1. The molecule has 1 amide bonds. The molecule has 0 aliphatic carbocycles. The normalized spacial score (nSPS) is 10.9. The van der Waals surface area contributed by atoms with Crippen LogP contribution in [-0.4, -0.2) is 21.0 Å². The molecule has 0 aliphatic rings. The molecule has 1 aromatic carbocycles. The summed E-state index contributed by atoms with van der Waals surface area (Å²) in [6, 6.07) is 10.1. The Balaban J connectivity index is 1.54. The number of nitrogens with zero attached hydrogens (tertiary/aromatic N) is 2. The summed E-state index contributed by atoms with van der Waals surface area (Å²) in [5.74, 6) is 0.230. The number of halogens is 1. The van der Waals surface area contributed by atoms with Gasteiger partial charge in [-0.3, -0.25) is 4.79 Å². The van der Waals surface area contributed by atoms with Gasteiger partial charge in [0.2, 0.25) is 5.91 Å². The summed E-state index contributed by atoms with van der Waals surface area (Å²) in [5, 5.41) is 2.57. The van der Waals surface area contributed by atoms with E-state index in [1.165, 1.54) is 23.4 Å². The first-order chi connectivity index (χ1) is 11.1. The summed E-state index contributed by atoms with van der Waals surface area (Å²) in [7, 11) is 0. The first-order valence-corrected chi connectivity index (χ1v) is 8.33. The van der Waals surface area contributed by atoms with Gasteiger partial charge in [-0.15, -0.1) is 11.8 Å². The second kappa shape index (κ2) is 6.83. The maximum atomic E-state index is 13.5. The lowest BCUT2D eigenvalue weighted by molar-refractivity contribution is -0.113. The fourth-order valence-electron chi connectivity index (χ4n) is 2.22. The Bertz CT molecular complexity index is 847. The van der Waals surface area contributed by atoms with Crippen molar-refractivity contribution in [1.82, 2.24) is 9.38 Å². The second-order valence-electron chi connectivity index (χ2n) is 5.22. The molecule has 0 aliphatic heterocycles. The SMILES string of the molecule is Cc1ccc2nc(CSCC(=O)Nc3ccccc3F)cn2c1. The number of aryl methyl sites for hydroxylation is 1. The van der Waals surface area contributed by atoms with Gasteiger partial charge in [-0.1, -0.05) is 18.2 Å². The lowest BCUT2D eigenvalue weighted by Crippen LogP contribution is -2.15. The van der Waals surface area contributed by atoms with Gasteiger partial charge in [0.1, 0.15) is 11.5 Å². The standard InChI is InChI=1S/C17H16FN3OS/c1-12-6-7-16-19-13(9-21(16)8-12)10-23-11-17(22)20-15-5-3-2-4-14(15)18/h2-9H,10-11H2,1H3,(H,20,22). The molecular formula is C17H16FN3OS. The second-order valence-corrected chi connectivity index (χ2v) is 6.21. The van der Waals surface area contributed by atoms with Crippen molar-refractivity contribution in [3.05, 3.63) is 65.9 Å². The van der Waals surface area contributed by atoms with Crippen LogP contribution in [0.15, 0.2) is 48.8 Å². The Morgan fingerprint density at radius 2 is 2.09 bits per heavy atom. The number of rotatable bonds is 5. The molecule has 4 nitrogen and oxygen atoms in total. The lowest BCUT2D eigenvalue weighted by Gasteiger charge is -2.05. The zero-order chi connectivity index (χ0) is 16.2. The van der Waals surface area contributed by atoms with E-state index in [1.807, 2.05) is 35.9 Å². The highest BCUT2D eigenvalue weighted by molar-refractivity contribution is 7.99. The van der Waals surface area contributed by atoms with Crippen molar-refractivity contribution in [2.24, 2.45) is 0 Å². The van der Waals surface area contributed by atoms with Gasteiger partial charge in [0.15, 0.2) is 0 Å². The van der Waals surface area contributed by atoms with Crippen molar-refractivity contribution >= 4 is 29.0 Å². The number of hydrogen-bond acceptors (Lipinski definition) is 3. The van der Waals surface area contributed by atoms with Crippen LogP contribution in [0.1, 0.15) is 11.3 Å². The molecule has 0 fully saturated rings. The maximum absolute atomic E-state index is 13.5. The smallest absolute Gasteiger partial charge is 0.234 e. The number of fused-ring (bicyclic) bond motifs is 1. The first kappa shape index (κ1) is 15.6. The van der Waals surface area contributed by atoms with E-state index in [9.17, 15) is 9.18 Å². The topological polar surface area (TPSA) is 46.4 Å². The van der Waals surface area contributed by atoms with Crippen molar-refractivity contribution in [2.75, 3.05) is 11.1 Å². The van der Waals surface area contributed by atoms with Gasteiger partial charge in [0.05, 0.1) is 17.1 Å². The molecule has 0 saturated heterocycles. The predicted molar refractivity (Wildman–Crippen MR) is 91.1 cm³/mol. The van der Waals surface area contributed by atoms with Gasteiger partial charge in [-0.05, 0) is 30.7 Å². The van der Waals surface area contributed by atoms with Crippen molar-refractivity contribution in [3.63, 3.8) is 0 Å². The number of thioether (sulfide) groups is 1. The highest BCUT2D eigenvalue weighted by Gasteiger charge is 2.07. The van der Waals surface area contributed by atoms with Gasteiger partial charge in [-0.25, -0.2) is 9.37 Å². The number of hydrogen-bond donors (Lipinski definition) is 1. The van der Waals surface area contributed by atoms with E-state index in [4.69, 9.17) is 0 Å². The molecule has 0 bridgehead atoms. The number of carbonyl (C=O) groups is 1. The molecule has 2 aromatic heterocycles. The Morgan fingerprint density at radius 3 is 2.91 bits per heavy atom. The van der Waals surface area contributed by atoms with Crippen LogP contribution in [0.3, 0.4) is 0 Å². The first-order valence-electron chi connectivity index (χ1n) is 7.18. The number of amides is 1. The van der Waals surface area contributed by atoms with Crippen LogP contribution in [0.5, 0.6) is 0 Å². The number of aromatic nitrogens is 2. The monoisotopic (exact) mass is 329 g/mol. The summed E-state index contributed by atoms with van der Waals surface area (Å²) in [6.07, 6.45) is 3.98. The molecule has 2 heterocycles. The molecule has 0 saturated carbocycles. The maximum Gasteiger partial charge on any atom is 0.234 e. The third kappa shape index (κ3) is 3.90. The molecule has 1 N–H and O–H groups in total. The van der Waals surface area contributed by atoms with Crippen LogP contribution in [0.25, 0.3) is 5.65 Å². The average molecular weight is 329 g/mol. The number of carbonyl (C=O) groups excluding carboxylic acids is 1. The van der Waals surface area contributed by atoms with Crippen LogP contribution in [-0.2, 0) is 10.5 Å². The van der Waals surface area contributed by atoms with Gasteiger partial charge in [0, 0.05) is 18.1 Å². The summed E-state index contributed by atoms with van der Waals surface area (Å²) >= 11 is 1.45. The molecule has 0 atom stereocenters. The van der Waals surface area contributed by atoms with Crippen molar-refractivity contribution < 1.29 is 9.18 Å². The largest absolute Gasteiger partial charge is 0.323 e. The Labute approximate surface area is 137 Å². The van der Waals surface area contributed by atoms with Gasteiger partial charge >= 0.3 is 0 Å². The molecule has 23 heavy (non-hydrogen) atoms. The molecule has 0 unspecified atom stereocenters. The van der Waals surface area contributed by atoms with Gasteiger partial charge in [0.25, 0.3) is 0 Å². The van der Waals surface area contributed by atoms with E-state index >= 15 is 0 Å². The summed E-state index contributed by atoms with van der Waals surface area (Å²) in [4.78, 5) is 16.3. The van der Waals surface area contributed by atoms with Gasteiger partial charge in [-0.2, -0.15) is 0 Å². The van der Waals surface area contributed by atoms with E-state index in [2.05, 4.69) is 10.3 Å². The number of benzene rings is 1. The molecule has 0 radical (unpaired) electrons. The number of pyridine rings is 1. The van der Waals surface area contributed by atoms with Crippen molar-refractivity contribution in [2.45, 2.75) is 12.7 Å². The highest BCUT2D eigenvalue weighted by atomic mass is 32.2. The highest BCUT2D eigenvalue weighted by Crippen LogP contribution is 2.16. The summed E-state index contributed by atoms with van der Waals surface area (Å²) < 4.78 is 15.4. The van der Waals surface area contributed by atoms with Crippen LogP contribution >= 0.6 is 11.8 Å². The predicted octanol–water partition coefficient (Wildman–Crippen LogP) is 3.65. The number of nitrogens with one attached hydrogen (secondary N) is 1. The molecule has 118 valence electrons. The molecule has 6 heteroatoms. The Hall–Kier alpha value is -2.34. The third-order valence-electron chi connectivity index (χ3n) is 3.28. The summed E-state index contributed by atoms with van der Waals surface area (Å²) in [5.41, 5.74) is 3.18. The van der Waals surface area contributed by atoms with Crippen LogP contribution < -0.4 is 5.32 Å². The van der Waals surface area contributed by atoms with Crippen LogP contribution in [0, 0.1) is 12.7 Å². The molecule has 3 rings (SSSR count). The van der Waals surface area contributed by atoms with Crippen molar-refractivity contribution in [1.29, 1.82) is 0 Å². The van der Waals surface area contributed by atoms with E-state index in [0.717, 1.165) is 11.3 Å². The molecule has 3 aromatic rings. The fraction of sp³-hybridized carbons (Fsp3) is 0.176. The minimum absolute atomic E-state index is 0.210. The number of anilines is 1. The zero-order valence-electron chi connectivity index (χ0n) is 12.6. The number of imidazole rings is 1. The van der Waals surface area contributed by atoms with Crippen LogP contribution in [0.2, 0.25) is 0 Å². The van der Waals surface area contributed by atoms with E-state index in [1.54, 1.807) is 18.2 Å². The Kier molecular flexibility index (Phi) is 4.62. The quantitative estimate of drug-likeness (QED) is 0.777. The average Bonchev–Trinajstić information content (AvgIpc) is 2.91. The van der Waals surface area contributed by atoms with E-state index in [0.29, 0.717) is 5.75 Å². The van der Waals surface area contributed by atoms with Gasteiger partial charge < -0.3 is 9.72 Å². The lowest BCUT2D eigenvalue weighted by atomic mass is 10.3. The minimum atomic E-state index is -0.429. The molecule has 0 spiro atoms. The summed E-state index contributed by atoms with van der Waals surface area (Å²) in [6.45, 7) is 2.03. The molecular weight excluding hydrogens is 313 g/mol. The Morgan fingerprint density at radius 1 is 1.26 bits per heavy atom. The minimum Gasteiger partial charge on any atom is -0.323 e. The van der Waals surface area contributed by atoms with E-state index in [-0.39, 0.29) is 17.3 Å².